The van der Waals surface area contributed by atoms with Crippen LogP contribution in [0, 0.1) is 34.1 Å². The number of rotatable bonds is 8. The van der Waals surface area contributed by atoms with E-state index in [9.17, 15) is 29.8 Å². The van der Waals surface area contributed by atoms with E-state index < -0.39 is 50.5 Å². The number of hydrogen-bond donors (Lipinski definition) is 4. The first kappa shape index (κ1) is 22.1. The smallest absolute Gasteiger partial charge is 0.322 e. The van der Waals surface area contributed by atoms with E-state index in [2.05, 4.69) is 31.0 Å². The molecular formula is C18H18N8O6. The van der Waals surface area contributed by atoms with Crippen LogP contribution < -0.4 is 10.6 Å². The number of aryl methyl sites for hydroxylation is 2. The Morgan fingerprint density at radius 2 is 1.44 bits per heavy atom. The van der Waals surface area contributed by atoms with Crippen LogP contribution in [0.15, 0.2) is 30.3 Å². The number of hydrogen-bond acceptors (Lipinski definition) is 8. The molecular weight excluding hydrogens is 424 g/mol. The van der Waals surface area contributed by atoms with E-state index in [1.165, 1.54) is 13.8 Å². The molecule has 14 nitrogen and oxygen atoms in total. The molecule has 1 aromatic carbocycles. The average Bonchev–Trinajstić information content (AvgIpc) is 3.34. The van der Waals surface area contributed by atoms with Crippen molar-refractivity contribution < 1.29 is 19.4 Å². The van der Waals surface area contributed by atoms with Gasteiger partial charge in [0.25, 0.3) is 11.8 Å². The maximum Gasteiger partial charge on any atom is 0.322 e. The molecule has 2 aromatic heterocycles. The van der Waals surface area contributed by atoms with Gasteiger partial charge in [-0.3, -0.25) is 40.0 Å². The lowest BCUT2D eigenvalue weighted by molar-refractivity contribution is -0.385. The Morgan fingerprint density at radius 3 is 1.94 bits per heavy atom. The highest BCUT2D eigenvalue weighted by Crippen LogP contribution is 2.22. The van der Waals surface area contributed by atoms with E-state index >= 15 is 0 Å². The van der Waals surface area contributed by atoms with Crippen molar-refractivity contribution in [2.24, 2.45) is 0 Å². The van der Waals surface area contributed by atoms with Gasteiger partial charge in [0.15, 0.2) is 0 Å². The summed E-state index contributed by atoms with van der Waals surface area (Å²) in [6, 6.07) is 7.71. The highest BCUT2D eigenvalue weighted by atomic mass is 16.6. The summed E-state index contributed by atoms with van der Waals surface area (Å²) in [5.41, 5.74) is -0.891. The minimum absolute atomic E-state index is 0.117. The predicted octanol–water partition coefficient (Wildman–Crippen LogP) is 1.47. The SMILES string of the molecule is Cc1[nH]nc(C(=O)NC[C@H](NC(=O)c2n[nH]c(C)c2[N+](=O)[O-])c2ccccc2)c1[N+](=O)[O-]. The Morgan fingerprint density at radius 1 is 0.938 bits per heavy atom. The molecule has 0 saturated heterocycles. The summed E-state index contributed by atoms with van der Waals surface area (Å²) >= 11 is 0. The molecule has 1 atom stereocenters. The summed E-state index contributed by atoms with van der Waals surface area (Å²) < 4.78 is 0. The maximum atomic E-state index is 12.7. The molecule has 0 fully saturated rings. The van der Waals surface area contributed by atoms with E-state index in [0.29, 0.717) is 5.56 Å². The van der Waals surface area contributed by atoms with Crippen LogP contribution in [0.4, 0.5) is 11.4 Å². The first-order valence-electron chi connectivity index (χ1n) is 9.23. The molecule has 0 saturated carbocycles. The van der Waals surface area contributed by atoms with Crippen molar-refractivity contribution in [1.29, 1.82) is 0 Å². The van der Waals surface area contributed by atoms with Gasteiger partial charge >= 0.3 is 11.4 Å². The Kier molecular flexibility index (Phi) is 6.23. The number of aromatic nitrogens is 4. The summed E-state index contributed by atoms with van der Waals surface area (Å²) in [6.07, 6.45) is 0. The van der Waals surface area contributed by atoms with Crippen molar-refractivity contribution in [2.75, 3.05) is 6.54 Å². The van der Waals surface area contributed by atoms with E-state index in [4.69, 9.17) is 0 Å². The maximum absolute atomic E-state index is 12.7. The van der Waals surface area contributed by atoms with Gasteiger partial charge < -0.3 is 10.6 Å². The first-order chi connectivity index (χ1) is 15.2. The van der Waals surface area contributed by atoms with E-state index in [-0.39, 0.29) is 17.9 Å². The van der Waals surface area contributed by atoms with Crippen molar-refractivity contribution >= 4 is 23.2 Å². The van der Waals surface area contributed by atoms with Gasteiger partial charge in [-0.2, -0.15) is 10.2 Å². The van der Waals surface area contributed by atoms with Crippen LogP contribution >= 0.6 is 0 Å². The van der Waals surface area contributed by atoms with Gasteiger partial charge in [-0.25, -0.2) is 0 Å². The summed E-state index contributed by atoms with van der Waals surface area (Å²) in [5.74, 6) is -1.65. The first-order valence-corrected chi connectivity index (χ1v) is 9.23. The van der Waals surface area contributed by atoms with Crippen LogP contribution in [-0.2, 0) is 0 Å². The number of carbonyl (C=O) groups is 2. The molecule has 0 unspecified atom stereocenters. The third-order valence-electron chi connectivity index (χ3n) is 4.60. The van der Waals surface area contributed by atoms with Gasteiger partial charge in [-0.15, -0.1) is 0 Å². The lowest BCUT2D eigenvalue weighted by atomic mass is 10.1. The number of nitro groups is 2. The molecule has 0 radical (unpaired) electrons. The average molecular weight is 442 g/mol. The second kappa shape index (κ2) is 9.03. The van der Waals surface area contributed by atoms with Crippen LogP contribution in [0.25, 0.3) is 0 Å². The highest BCUT2D eigenvalue weighted by molar-refractivity contribution is 5.97. The van der Waals surface area contributed by atoms with Crippen LogP contribution in [0.5, 0.6) is 0 Å². The zero-order chi connectivity index (χ0) is 23.4. The summed E-state index contributed by atoms with van der Waals surface area (Å²) in [6.45, 7) is 2.65. The van der Waals surface area contributed by atoms with Gasteiger partial charge in [-0.05, 0) is 19.4 Å². The lowest BCUT2D eigenvalue weighted by Gasteiger charge is -2.19. The van der Waals surface area contributed by atoms with Crippen LogP contribution in [0.2, 0.25) is 0 Å². The zero-order valence-electron chi connectivity index (χ0n) is 16.9. The molecule has 0 bridgehead atoms. The molecule has 166 valence electrons. The molecule has 0 aliphatic rings. The Hall–Kier alpha value is -4.62. The summed E-state index contributed by atoms with van der Waals surface area (Å²) in [5, 5.41) is 39.8. The molecule has 4 N–H and O–H groups in total. The second-order valence-electron chi connectivity index (χ2n) is 6.75. The zero-order valence-corrected chi connectivity index (χ0v) is 16.9. The molecule has 0 aliphatic heterocycles. The molecule has 3 aromatic rings. The van der Waals surface area contributed by atoms with Gasteiger partial charge in [0.05, 0.1) is 15.9 Å². The number of nitrogens with zero attached hydrogens (tertiary/aromatic N) is 4. The quantitative estimate of drug-likeness (QED) is 0.296. The number of amides is 2. The van der Waals surface area contributed by atoms with Crippen molar-refractivity contribution in [3.63, 3.8) is 0 Å². The lowest BCUT2D eigenvalue weighted by Crippen LogP contribution is -2.38. The van der Waals surface area contributed by atoms with Crippen molar-refractivity contribution in [3.05, 3.63) is 78.9 Å². The largest absolute Gasteiger partial charge is 0.348 e. The van der Waals surface area contributed by atoms with E-state index in [1.807, 2.05) is 0 Å². The van der Waals surface area contributed by atoms with Gasteiger partial charge in [0.2, 0.25) is 11.4 Å². The number of benzene rings is 1. The Labute approximate surface area is 179 Å². The minimum atomic E-state index is -0.828. The number of nitrogens with one attached hydrogen (secondary N) is 4. The van der Waals surface area contributed by atoms with Crippen molar-refractivity contribution in [3.8, 4) is 0 Å². The third kappa shape index (κ3) is 4.43. The van der Waals surface area contributed by atoms with Gasteiger partial charge in [-0.1, -0.05) is 30.3 Å². The van der Waals surface area contributed by atoms with Crippen LogP contribution in [-0.4, -0.2) is 48.6 Å². The van der Waals surface area contributed by atoms with Gasteiger partial charge in [0, 0.05) is 6.54 Å². The normalized spacial score (nSPS) is 11.6. The highest BCUT2D eigenvalue weighted by Gasteiger charge is 2.30. The third-order valence-corrected chi connectivity index (χ3v) is 4.60. The number of carbonyl (C=O) groups excluding carboxylic acids is 2. The topological polar surface area (TPSA) is 202 Å². The number of aromatic amines is 2. The monoisotopic (exact) mass is 442 g/mol. The van der Waals surface area contributed by atoms with E-state index in [0.717, 1.165) is 0 Å². The Bertz CT molecular complexity index is 1190. The fourth-order valence-corrected chi connectivity index (χ4v) is 3.05. The molecule has 3 rings (SSSR count). The number of H-pyrrole nitrogens is 2. The summed E-state index contributed by atoms with van der Waals surface area (Å²) in [4.78, 5) is 46.3. The molecule has 2 amide bonds. The van der Waals surface area contributed by atoms with Crippen LogP contribution in [0.3, 0.4) is 0 Å². The van der Waals surface area contributed by atoms with Crippen molar-refractivity contribution in [2.45, 2.75) is 19.9 Å². The predicted molar refractivity (Wildman–Crippen MR) is 109 cm³/mol. The molecule has 32 heavy (non-hydrogen) atoms. The van der Waals surface area contributed by atoms with Crippen molar-refractivity contribution in [1.82, 2.24) is 31.0 Å². The fraction of sp³-hybridized carbons (Fsp3) is 0.222. The molecule has 2 heterocycles. The van der Waals surface area contributed by atoms with E-state index in [1.54, 1.807) is 30.3 Å². The molecule has 0 aliphatic carbocycles. The molecule has 14 heteroatoms. The molecule has 0 spiro atoms. The van der Waals surface area contributed by atoms with Gasteiger partial charge in [0.1, 0.15) is 11.4 Å². The van der Waals surface area contributed by atoms with Crippen LogP contribution in [0.1, 0.15) is 44.0 Å². The second-order valence-corrected chi connectivity index (χ2v) is 6.75. The Balaban J connectivity index is 1.82. The minimum Gasteiger partial charge on any atom is -0.348 e. The fourth-order valence-electron chi connectivity index (χ4n) is 3.05. The summed E-state index contributed by atoms with van der Waals surface area (Å²) in [7, 11) is 0. The standard InChI is InChI=1S/C18H18N8O6/c1-9-15(25(29)30)13(23-21-9)17(27)19-8-12(11-6-4-3-5-7-11)20-18(28)14-16(26(31)32)10(2)22-24-14/h3-7,12H,8H2,1-2H3,(H,19,27)(H,20,28)(H,21,23)(H,22,24)/t12-/m0/s1.